The maximum atomic E-state index is 11.6. The fourth-order valence-electron chi connectivity index (χ4n) is 1.14. The average molecular weight is 242 g/mol. The summed E-state index contributed by atoms with van der Waals surface area (Å²) in [6.45, 7) is 3.59. The molecule has 16 heavy (non-hydrogen) atoms. The van der Waals surface area contributed by atoms with Crippen LogP contribution in [0.1, 0.15) is 10.4 Å². The summed E-state index contributed by atoms with van der Waals surface area (Å²) >= 11 is 5.51. The summed E-state index contributed by atoms with van der Waals surface area (Å²) in [5.74, 6) is -0.377. The van der Waals surface area contributed by atoms with Crippen LogP contribution in [-0.4, -0.2) is 24.7 Å². The predicted molar refractivity (Wildman–Crippen MR) is 62.0 cm³/mol. The van der Waals surface area contributed by atoms with E-state index in [1.165, 1.54) is 13.2 Å². The molecule has 0 aliphatic rings. The summed E-state index contributed by atoms with van der Waals surface area (Å²) in [6, 6.07) is 4.67. The first-order chi connectivity index (χ1) is 7.56. The van der Waals surface area contributed by atoms with Gasteiger partial charge in [0.1, 0.15) is 0 Å². The van der Waals surface area contributed by atoms with Gasteiger partial charge in [-0.3, -0.25) is 4.79 Å². The molecule has 0 aliphatic heterocycles. The Bertz CT molecular complexity index is 418. The molecule has 0 spiro atoms. The Labute approximate surface area is 98.5 Å². The highest BCUT2D eigenvalue weighted by molar-refractivity contribution is 6.29. The Kier molecular flexibility index (Phi) is 4.19. The molecule has 0 saturated heterocycles. The standard InChI is InChI=1S/C11H12ClNO3/c1-7(12)6-13-11(15)8-4-3-5-9(16-2)10(8)14/h3-5,14H,1,6H2,2H3,(H,13,15). The van der Waals surface area contributed by atoms with Crippen LogP contribution in [0.3, 0.4) is 0 Å². The van der Waals surface area contributed by atoms with Gasteiger partial charge in [-0.05, 0) is 12.1 Å². The SMILES string of the molecule is C=C(Cl)CNC(=O)c1cccc(OC)c1O. The van der Waals surface area contributed by atoms with Crippen LogP contribution in [0.4, 0.5) is 0 Å². The van der Waals surface area contributed by atoms with Gasteiger partial charge < -0.3 is 15.2 Å². The van der Waals surface area contributed by atoms with E-state index in [1.807, 2.05) is 0 Å². The van der Waals surface area contributed by atoms with Crippen LogP contribution in [-0.2, 0) is 0 Å². The lowest BCUT2D eigenvalue weighted by atomic mass is 10.1. The number of para-hydroxylation sites is 1. The van der Waals surface area contributed by atoms with Crippen LogP contribution in [0.5, 0.6) is 11.5 Å². The van der Waals surface area contributed by atoms with Crippen LogP contribution < -0.4 is 10.1 Å². The molecule has 0 saturated carbocycles. The van der Waals surface area contributed by atoms with Gasteiger partial charge in [-0.15, -0.1) is 0 Å². The zero-order valence-corrected chi connectivity index (χ0v) is 9.54. The van der Waals surface area contributed by atoms with E-state index in [4.69, 9.17) is 16.3 Å². The van der Waals surface area contributed by atoms with Crippen molar-refractivity contribution in [2.75, 3.05) is 13.7 Å². The number of rotatable bonds is 4. The number of hydrogen-bond acceptors (Lipinski definition) is 3. The molecule has 1 rings (SSSR count). The number of halogens is 1. The number of ether oxygens (including phenoxy) is 1. The Hall–Kier alpha value is -1.68. The maximum Gasteiger partial charge on any atom is 0.255 e. The van der Waals surface area contributed by atoms with Crippen molar-refractivity contribution in [2.45, 2.75) is 0 Å². The molecule has 0 heterocycles. The lowest BCUT2D eigenvalue weighted by Gasteiger charge is -2.08. The second kappa shape index (κ2) is 5.42. The fourth-order valence-corrected chi connectivity index (χ4v) is 1.21. The maximum absolute atomic E-state index is 11.6. The monoisotopic (exact) mass is 241 g/mol. The van der Waals surface area contributed by atoms with Crippen molar-refractivity contribution in [3.8, 4) is 11.5 Å². The third-order valence-corrected chi connectivity index (χ3v) is 2.04. The molecular weight excluding hydrogens is 230 g/mol. The summed E-state index contributed by atoms with van der Waals surface area (Å²) in [4.78, 5) is 11.6. The van der Waals surface area contributed by atoms with E-state index in [9.17, 15) is 9.90 Å². The van der Waals surface area contributed by atoms with Gasteiger partial charge in [-0.1, -0.05) is 24.2 Å². The van der Waals surface area contributed by atoms with E-state index in [2.05, 4.69) is 11.9 Å². The highest BCUT2D eigenvalue weighted by Gasteiger charge is 2.14. The molecular formula is C11H12ClNO3. The molecule has 4 nitrogen and oxygen atoms in total. The summed E-state index contributed by atoms with van der Waals surface area (Å²) in [5.41, 5.74) is 0.136. The second-order valence-corrected chi connectivity index (χ2v) is 3.59. The number of phenolic OH excluding ortho intramolecular Hbond substituents is 1. The lowest BCUT2D eigenvalue weighted by molar-refractivity contribution is 0.0954. The first-order valence-corrected chi connectivity index (χ1v) is 4.91. The van der Waals surface area contributed by atoms with E-state index < -0.39 is 5.91 Å². The van der Waals surface area contributed by atoms with Gasteiger partial charge in [0, 0.05) is 5.03 Å². The molecule has 0 fully saturated rings. The fraction of sp³-hybridized carbons (Fsp3) is 0.182. The summed E-state index contributed by atoms with van der Waals surface area (Å²) in [6.07, 6.45) is 0. The van der Waals surface area contributed by atoms with Crippen molar-refractivity contribution >= 4 is 17.5 Å². The van der Waals surface area contributed by atoms with Crippen LogP contribution >= 0.6 is 11.6 Å². The number of hydrogen-bond donors (Lipinski definition) is 2. The Morgan fingerprint density at radius 3 is 2.88 bits per heavy atom. The average Bonchev–Trinajstić information content (AvgIpc) is 2.26. The smallest absolute Gasteiger partial charge is 0.255 e. The van der Waals surface area contributed by atoms with Gasteiger partial charge in [0.25, 0.3) is 5.91 Å². The third-order valence-electron chi connectivity index (χ3n) is 1.90. The number of amides is 1. The quantitative estimate of drug-likeness (QED) is 0.846. The van der Waals surface area contributed by atoms with Gasteiger partial charge in [0.15, 0.2) is 11.5 Å². The Morgan fingerprint density at radius 1 is 1.62 bits per heavy atom. The number of methoxy groups -OCH3 is 1. The van der Waals surface area contributed by atoms with E-state index in [1.54, 1.807) is 12.1 Å². The van der Waals surface area contributed by atoms with Crippen LogP contribution in [0, 0.1) is 0 Å². The van der Waals surface area contributed by atoms with Crippen molar-refractivity contribution in [1.82, 2.24) is 5.32 Å². The van der Waals surface area contributed by atoms with Crippen LogP contribution in [0.15, 0.2) is 29.8 Å². The molecule has 0 unspecified atom stereocenters. The molecule has 0 aliphatic carbocycles. The number of aromatic hydroxyl groups is 1. The minimum absolute atomic E-state index is 0.136. The van der Waals surface area contributed by atoms with Gasteiger partial charge in [-0.25, -0.2) is 0 Å². The minimum atomic E-state index is -0.432. The third kappa shape index (κ3) is 2.90. The van der Waals surface area contributed by atoms with Crippen LogP contribution in [0.25, 0.3) is 0 Å². The molecule has 2 N–H and O–H groups in total. The summed E-state index contributed by atoms with van der Waals surface area (Å²) in [5, 5.41) is 12.5. The zero-order chi connectivity index (χ0) is 12.1. The van der Waals surface area contributed by atoms with E-state index >= 15 is 0 Å². The number of nitrogens with one attached hydrogen (secondary N) is 1. The first-order valence-electron chi connectivity index (χ1n) is 4.53. The molecule has 1 aromatic rings. The summed E-state index contributed by atoms with van der Waals surface area (Å²) in [7, 11) is 1.41. The largest absolute Gasteiger partial charge is 0.504 e. The predicted octanol–water partition coefficient (Wildman–Crippen LogP) is 1.88. The van der Waals surface area contributed by atoms with Gasteiger partial charge in [0.05, 0.1) is 19.2 Å². The molecule has 0 radical (unpaired) electrons. The van der Waals surface area contributed by atoms with Gasteiger partial charge >= 0.3 is 0 Å². The topological polar surface area (TPSA) is 58.6 Å². The number of carbonyl (C=O) groups is 1. The van der Waals surface area contributed by atoms with E-state index in [0.717, 1.165) is 0 Å². The normalized spacial score (nSPS) is 9.62. The van der Waals surface area contributed by atoms with Crippen molar-refractivity contribution in [3.05, 3.63) is 35.4 Å². The number of benzene rings is 1. The Morgan fingerprint density at radius 2 is 2.31 bits per heavy atom. The van der Waals surface area contributed by atoms with E-state index in [0.29, 0.717) is 5.03 Å². The first kappa shape index (κ1) is 12.4. The number of phenols is 1. The van der Waals surface area contributed by atoms with Gasteiger partial charge in [-0.2, -0.15) is 0 Å². The molecule has 0 bridgehead atoms. The van der Waals surface area contributed by atoms with Gasteiger partial charge in [0.2, 0.25) is 0 Å². The van der Waals surface area contributed by atoms with Crippen molar-refractivity contribution in [3.63, 3.8) is 0 Å². The Balaban J connectivity index is 2.87. The highest BCUT2D eigenvalue weighted by Crippen LogP contribution is 2.29. The molecule has 0 aromatic heterocycles. The minimum Gasteiger partial charge on any atom is -0.504 e. The van der Waals surface area contributed by atoms with Crippen molar-refractivity contribution < 1.29 is 14.6 Å². The van der Waals surface area contributed by atoms with E-state index in [-0.39, 0.29) is 23.6 Å². The van der Waals surface area contributed by atoms with Crippen molar-refractivity contribution in [1.29, 1.82) is 0 Å². The molecule has 5 heteroatoms. The van der Waals surface area contributed by atoms with Crippen molar-refractivity contribution in [2.24, 2.45) is 0 Å². The zero-order valence-electron chi connectivity index (χ0n) is 8.79. The molecule has 1 amide bonds. The second-order valence-electron chi connectivity index (χ2n) is 3.06. The molecule has 1 aromatic carbocycles. The number of carbonyl (C=O) groups excluding carboxylic acids is 1. The lowest BCUT2D eigenvalue weighted by Crippen LogP contribution is -2.24. The molecule has 0 atom stereocenters. The highest BCUT2D eigenvalue weighted by atomic mass is 35.5. The van der Waals surface area contributed by atoms with Crippen LogP contribution in [0.2, 0.25) is 0 Å². The molecule has 86 valence electrons. The summed E-state index contributed by atoms with van der Waals surface area (Å²) < 4.78 is 4.89.